The molecule has 0 saturated carbocycles. The molecule has 4 nitrogen and oxygen atoms in total. The van der Waals surface area contributed by atoms with Gasteiger partial charge in [-0.25, -0.2) is 0 Å². The third-order valence-electron chi connectivity index (χ3n) is 2.37. The Labute approximate surface area is 109 Å². The van der Waals surface area contributed by atoms with Crippen LogP contribution in [0, 0.1) is 0 Å². The molecule has 2 N–H and O–H groups in total. The Bertz CT molecular complexity index is 349. The molecule has 0 bridgehead atoms. The maximum absolute atomic E-state index is 10.8. The molecule has 18 heavy (non-hydrogen) atoms. The van der Waals surface area contributed by atoms with E-state index in [4.69, 9.17) is 4.74 Å². The number of nitrogens with one attached hydrogen (secondary N) is 2. The largest absolute Gasteiger partial charge is 0.494 e. The SMILES string of the molecule is CCCNCCCOc1ccc(NC(C)=O)cc1. The molecule has 1 amide bonds. The molecular formula is C14H22N2O2. The summed E-state index contributed by atoms with van der Waals surface area (Å²) in [5, 5.41) is 6.04. The number of hydrogen-bond donors (Lipinski definition) is 2. The fourth-order valence-corrected chi connectivity index (χ4v) is 1.53. The second-order valence-corrected chi connectivity index (χ2v) is 4.16. The van der Waals surface area contributed by atoms with Crippen LogP contribution in [0.3, 0.4) is 0 Å². The van der Waals surface area contributed by atoms with Crippen molar-refractivity contribution < 1.29 is 9.53 Å². The van der Waals surface area contributed by atoms with Gasteiger partial charge in [0.2, 0.25) is 5.91 Å². The van der Waals surface area contributed by atoms with Gasteiger partial charge in [-0.15, -0.1) is 0 Å². The third-order valence-corrected chi connectivity index (χ3v) is 2.37. The van der Waals surface area contributed by atoms with E-state index >= 15 is 0 Å². The summed E-state index contributed by atoms with van der Waals surface area (Å²) in [5.74, 6) is 0.769. The fraction of sp³-hybridized carbons (Fsp3) is 0.500. The molecule has 0 heterocycles. The number of benzene rings is 1. The van der Waals surface area contributed by atoms with Gasteiger partial charge in [0.25, 0.3) is 0 Å². The predicted molar refractivity (Wildman–Crippen MR) is 74.0 cm³/mol. The predicted octanol–water partition coefficient (Wildman–Crippen LogP) is 2.41. The second kappa shape index (κ2) is 8.53. The number of carbonyl (C=O) groups is 1. The Morgan fingerprint density at radius 2 is 1.94 bits per heavy atom. The zero-order valence-electron chi connectivity index (χ0n) is 11.2. The van der Waals surface area contributed by atoms with Gasteiger partial charge in [0.15, 0.2) is 0 Å². The van der Waals surface area contributed by atoms with Crippen molar-refractivity contribution in [3.8, 4) is 5.75 Å². The number of hydrogen-bond acceptors (Lipinski definition) is 3. The van der Waals surface area contributed by atoms with Crippen LogP contribution < -0.4 is 15.4 Å². The number of anilines is 1. The van der Waals surface area contributed by atoms with Gasteiger partial charge < -0.3 is 15.4 Å². The van der Waals surface area contributed by atoms with Crippen LogP contribution in [0.5, 0.6) is 5.75 Å². The topological polar surface area (TPSA) is 50.4 Å². The minimum atomic E-state index is -0.0642. The Balaban J connectivity index is 2.20. The summed E-state index contributed by atoms with van der Waals surface area (Å²) in [7, 11) is 0. The van der Waals surface area contributed by atoms with Crippen LogP contribution in [0.2, 0.25) is 0 Å². The van der Waals surface area contributed by atoms with Crippen molar-refractivity contribution in [1.82, 2.24) is 5.32 Å². The van der Waals surface area contributed by atoms with Crippen molar-refractivity contribution >= 4 is 11.6 Å². The molecule has 1 aromatic carbocycles. The number of amides is 1. The summed E-state index contributed by atoms with van der Waals surface area (Å²) in [6.07, 6.45) is 2.15. The smallest absolute Gasteiger partial charge is 0.221 e. The molecular weight excluding hydrogens is 228 g/mol. The molecule has 1 rings (SSSR count). The van der Waals surface area contributed by atoms with E-state index in [0.717, 1.165) is 37.4 Å². The highest BCUT2D eigenvalue weighted by Gasteiger charge is 1.97. The first kappa shape index (κ1) is 14.5. The van der Waals surface area contributed by atoms with Gasteiger partial charge in [0, 0.05) is 12.6 Å². The second-order valence-electron chi connectivity index (χ2n) is 4.16. The summed E-state index contributed by atoms with van der Waals surface area (Å²) in [6, 6.07) is 7.41. The van der Waals surface area contributed by atoms with Crippen molar-refractivity contribution in [2.24, 2.45) is 0 Å². The zero-order chi connectivity index (χ0) is 13.2. The van der Waals surface area contributed by atoms with E-state index < -0.39 is 0 Å². The van der Waals surface area contributed by atoms with Crippen molar-refractivity contribution in [3.63, 3.8) is 0 Å². The molecule has 0 unspecified atom stereocenters. The van der Waals surface area contributed by atoms with E-state index in [-0.39, 0.29) is 5.91 Å². The first-order chi connectivity index (χ1) is 8.72. The molecule has 100 valence electrons. The Morgan fingerprint density at radius 3 is 2.56 bits per heavy atom. The van der Waals surface area contributed by atoms with Crippen molar-refractivity contribution in [2.75, 3.05) is 25.0 Å². The van der Waals surface area contributed by atoms with E-state index in [9.17, 15) is 4.79 Å². The molecule has 0 saturated heterocycles. The molecule has 1 aromatic rings. The van der Waals surface area contributed by atoms with E-state index in [1.165, 1.54) is 6.92 Å². The highest BCUT2D eigenvalue weighted by Crippen LogP contribution is 2.15. The van der Waals surface area contributed by atoms with Crippen LogP contribution in [-0.4, -0.2) is 25.6 Å². The van der Waals surface area contributed by atoms with Crippen LogP contribution in [-0.2, 0) is 4.79 Å². The normalized spacial score (nSPS) is 10.1. The molecule has 0 aliphatic heterocycles. The lowest BCUT2D eigenvalue weighted by atomic mass is 10.3. The first-order valence-electron chi connectivity index (χ1n) is 6.43. The lowest BCUT2D eigenvalue weighted by Crippen LogP contribution is -2.18. The van der Waals surface area contributed by atoms with Crippen molar-refractivity contribution in [2.45, 2.75) is 26.7 Å². The van der Waals surface area contributed by atoms with Crippen molar-refractivity contribution in [3.05, 3.63) is 24.3 Å². The third kappa shape index (κ3) is 6.25. The maximum Gasteiger partial charge on any atom is 0.221 e. The van der Waals surface area contributed by atoms with Crippen LogP contribution in [0.4, 0.5) is 5.69 Å². The zero-order valence-corrected chi connectivity index (χ0v) is 11.2. The highest BCUT2D eigenvalue weighted by atomic mass is 16.5. The van der Waals surface area contributed by atoms with Crippen LogP contribution in [0.15, 0.2) is 24.3 Å². The van der Waals surface area contributed by atoms with Gasteiger partial charge in [0.05, 0.1) is 6.61 Å². The number of carbonyl (C=O) groups excluding carboxylic acids is 1. The number of ether oxygens (including phenoxy) is 1. The molecule has 0 spiro atoms. The summed E-state index contributed by atoms with van der Waals surface area (Å²) >= 11 is 0. The van der Waals surface area contributed by atoms with Gasteiger partial charge >= 0.3 is 0 Å². The van der Waals surface area contributed by atoms with E-state index in [2.05, 4.69) is 17.6 Å². The van der Waals surface area contributed by atoms with Gasteiger partial charge in [0.1, 0.15) is 5.75 Å². The fourth-order valence-electron chi connectivity index (χ4n) is 1.53. The maximum atomic E-state index is 10.8. The van der Waals surface area contributed by atoms with Gasteiger partial charge in [-0.2, -0.15) is 0 Å². The van der Waals surface area contributed by atoms with Crippen LogP contribution in [0.1, 0.15) is 26.7 Å². The quantitative estimate of drug-likeness (QED) is 0.697. The van der Waals surface area contributed by atoms with E-state index in [1.807, 2.05) is 24.3 Å². The first-order valence-corrected chi connectivity index (χ1v) is 6.43. The number of rotatable bonds is 8. The Morgan fingerprint density at radius 1 is 1.22 bits per heavy atom. The minimum Gasteiger partial charge on any atom is -0.494 e. The summed E-state index contributed by atoms with van der Waals surface area (Å²) in [5.41, 5.74) is 0.791. The minimum absolute atomic E-state index is 0.0642. The van der Waals surface area contributed by atoms with Crippen molar-refractivity contribution in [1.29, 1.82) is 0 Å². The van der Waals surface area contributed by atoms with Crippen LogP contribution in [0.25, 0.3) is 0 Å². The Kier molecular flexibility index (Phi) is 6.87. The van der Waals surface area contributed by atoms with Crippen LogP contribution >= 0.6 is 0 Å². The van der Waals surface area contributed by atoms with Gasteiger partial charge in [-0.3, -0.25) is 4.79 Å². The summed E-state index contributed by atoms with van der Waals surface area (Å²) in [6.45, 7) is 6.40. The molecule has 4 heteroatoms. The van der Waals surface area contributed by atoms with E-state index in [0.29, 0.717) is 6.61 Å². The van der Waals surface area contributed by atoms with E-state index in [1.54, 1.807) is 0 Å². The molecule has 0 radical (unpaired) electrons. The lowest BCUT2D eigenvalue weighted by molar-refractivity contribution is -0.114. The van der Waals surface area contributed by atoms with Gasteiger partial charge in [-0.05, 0) is 50.2 Å². The standard InChI is InChI=1S/C14H22N2O2/c1-3-9-15-10-4-11-18-14-7-5-13(6-8-14)16-12(2)17/h5-8,15H,3-4,9-11H2,1-2H3,(H,16,17). The Hall–Kier alpha value is -1.55. The molecule has 0 aromatic heterocycles. The summed E-state index contributed by atoms with van der Waals surface area (Å²) < 4.78 is 5.59. The monoisotopic (exact) mass is 250 g/mol. The molecule has 0 aliphatic carbocycles. The summed E-state index contributed by atoms with van der Waals surface area (Å²) in [4.78, 5) is 10.8. The molecule has 0 atom stereocenters. The average Bonchev–Trinajstić information content (AvgIpc) is 2.35. The molecule has 0 aliphatic rings. The highest BCUT2D eigenvalue weighted by molar-refractivity contribution is 5.88. The van der Waals surface area contributed by atoms with Gasteiger partial charge in [-0.1, -0.05) is 6.92 Å². The lowest BCUT2D eigenvalue weighted by Gasteiger charge is -2.08. The molecule has 0 fully saturated rings. The average molecular weight is 250 g/mol.